The topological polar surface area (TPSA) is 50.7 Å². The lowest BCUT2D eigenvalue weighted by Crippen LogP contribution is -2.18. The number of benzene rings is 2. The average Bonchev–Trinajstić information content (AvgIpc) is 2.54. The van der Waals surface area contributed by atoms with Gasteiger partial charge >= 0.3 is 6.18 Å². The maximum atomic E-state index is 12.6. The van der Waals surface area contributed by atoms with Crippen LogP contribution in [0.15, 0.2) is 47.6 Å². The number of amides is 1. The minimum Gasteiger partial charge on any atom is -0.496 e. The highest BCUT2D eigenvalue weighted by atomic mass is 19.4. The van der Waals surface area contributed by atoms with Crippen LogP contribution >= 0.6 is 0 Å². The Hall–Kier alpha value is -2.83. The van der Waals surface area contributed by atoms with Crippen molar-refractivity contribution in [2.45, 2.75) is 13.1 Å². The van der Waals surface area contributed by atoms with Crippen LogP contribution in [0.5, 0.6) is 5.75 Å². The van der Waals surface area contributed by atoms with Crippen molar-refractivity contribution < 1.29 is 22.7 Å². The molecule has 4 nitrogen and oxygen atoms in total. The number of halogens is 3. The van der Waals surface area contributed by atoms with Crippen molar-refractivity contribution in [2.75, 3.05) is 7.11 Å². The molecule has 0 fully saturated rings. The van der Waals surface area contributed by atoms with Crippen molar-refractivity contribution in [3.05, 3.63) is 64.7 Å². The molecule has 1 amide bonds. The number of alkyl halides is 3. The summed E-state index contributed by atoms with van der Waals surface area (Å²) in [5, 5.41) is 3.69. The van der Waals surface area contributed by atoms with E-state index in [2.05, 4.69) is 10.5 Å². The number of rotatable bonds is 4. The van der Waals surface area contributed by atoms with Gasteiger partial charge in [0, 0.05) is 0 Å². The number of carbonyl (C=O) groups excluding carboxylic acids is 1. The zero-order valence-electron chi connectivity index (χ0n) is 13.0. The zero-order valence-corrected chi connectivity index (χ0v) is 13.0. The molecule has 0 aliphatic carbocycles. The molecule has 0 saturated heterocycles. The van der Waals surface area contributed by atoms with Crippen molar-refractivity contribution in [1.82, 2.24) is 5.43 Å². The summed E-state index contributed by atoms with van der Waals surface area (Å²) in [6.07, 6.45) is -3.28. The Labute approximate surface area is 137 Å². The molecule has 24 heavy (non-hydrogen) atoms. The van der Waals surface area contributed by atoms with Gasteiger partial charge < -0.3 is 4.74 Å². The van der Waals surface area contributed by atoms with Gasteiger partial charge in [-0.3, -0.25) is 4.79 Å². The highest BCUT2D eigenvalue weighted by Gasteiger charge is 2.30. The molecule has 0 unspecified atom stereocenters. The van der Waals surface area contributed by atoms with Gasteiger partial charge in [-0.05, 0) is 42.3 Å². The van der Waals surface area contributed by atoms with Crippen LogP contribution in [-0.2, 0) is 6.18 Å². The van der Waals surface area contributed by atoms with E-state index in [1.54, 1.807) is 18.2 Å². The summed E-state index contributed by atoms with van der Waals surface area (Å²) in [5.74, 6) is -0.128. The number of hydrogen-bond donors (Lipinski definition) is 1. The van der Waals surface area contributed by atoms with Crippen LogP contribution in [0.1, 0.15) is 27.0 Å². The molecule has 7 heteroatoms. The first-order valence-electron chi connectivity index (χ1n) is 6.96. The van der Waals surface area contributed by atoms with Gasteiger partial charge in [0.15, 0.2) is 0 Å². The molecule has 2 aromatic rings. The maximum absolute atomic E-state index is 12.6. The summed E-state index contributed by atoms with van der Waals surface area (Å²) < 4.78 is 43.0. The summed E-state index contributed by atoms with van der Waals surface area (Å²) in [7, 11) is 1.44. The molecule has 0 heterocycles. The second-order valence-corrected chi connectivity index (χ2v) is 5.03. The number of carbonyl (C=O) groups is 1. The molecule has 0 aliphatic heterocycles. The molecule has 2 aromatic carbocycles. The third-order valence-electron chi connectivity index (χ3n) is 3.20. The standard InChI is InChI=1S/C17H15F3N2O2/c1-11-6-7-14(15(8-11)24-2)16(23)22-21-10-12-4-3-5-13(9-12)17(18,19)20/h3-10H,1-2H3,(H,22,23)/b21-10-. The van der Waals surface area contributed by atoms with E-state index in [0.29, 0.717) is 5.75 Å². The van der Waals surface area contributed by atoms with Gasteiger partial charge in [0.2, 0.25) is 0 Å². The third kappa shape index (κ3) is 4.34. The van der Waals surface area contributed by atoms with Crippen LogP contribution in [0.3, 0.4) is 0 Å². The smallest absolute Gasteiger partial charge is 0.416 e. The van der Waals surface area contributed by atoms with Crippen molar-refractivity contribution in [2.24, 2.45) is 5.10 Å². The number of hydrazone groups is 1. The predicted octanol–water partition coefficient (Wildman–Crippen LogP) is 3.79. The predicted molar refractivity (Wildman–Crippen MR) is 84.2 cm³/mol. The summed E-state index contributed by atoms with van der Waals surface area (Å²) in [6, 6.07) is 9.67. The van der Waals surface area contributed by atoms with E-state index < -0.39 is 17.6 Å². The summed E-state index contributed by atoms with van der Waals surface area (Å²) in [4.78, 5) is 12.1. The van der Waals surface area contributed by atoms with Crippen LogP contribution in [-0.4, -0.2) is 19.2 Å². The van der Waals surface area contributed by atoms with Crippen LogP contribution in [0, 0.1) is 6.92 Å². The van der Waals surface area contributed by atoms with Crippen molar-refractivity contribution in [3.63, 3.8) is 0 Å². The fourth-order valence-electron chi connectivity index (χ4n) is 2.01. The fraction of sp³-hybridized carbons (Fsp3) is 0.176. The monoisotopic (exact) mass is 336 g/mol. The molecule has 0 radical (unpaired) electrons. The first kappa shape index (κ1) is 17.5. The minimum absolute atomic E-state index is 0.223. The van der Waals surface area contributed by atoms with Gasteiger partial charge in [-0.25, -0.2) is 5.43 Å². The normalized spacial score (nSPS) is 11.5. The molecule has 0 bridgehead atoms. The first-order valence-corrected chi connectivity index (χ1v) is 6.96. The molecular weight excluding hydrogens is 321 g/mol. The van der Waals surface area contributed by atoms with E-state index in [0.717, 1.165) is 23.9 Å². The van der Waals surface area contributed by atoms with Crippen molar-refractivity contribution in [1.29, 1.82) is 0 Å². The Morgan fingerprint density at radius 1 is 1.21 bits per heavy atom. The summed E-state index contributed by atoms with van der Waals surface area (Å²) in [6.45, 7) is 1.86. The van der Waals surface area contributed by atoms with Crippen LogP contribution in [0.2, 0.25) is 0 Å². The van der Waals surface area contributed by atoms with Gasteiger partial charge in [-0.2, -0.15) is 18.3 Å². The maximum Gasteiger partial charge on any atom is 0.416 e. The quantitative estimate of drug-likeness (QED) is 0.682. The van der Waals surface area contributed by atoms with Crippen molar-refractivity contribution in [3.8, 4) is 5.75 Å². The first-order chi connectivity index (χ1) is 11.3. The molecule has 0 aromatic heterocycles. The van der Waals surface area contributed by atoms with E-state index in [9.17, 15) is 18.0 Å². The largest absolute Gasteiger partial charge is 0.496 e. The highest BCUT2D eigenvalue weighted by molar-refractivity contribution is 5.97. The molecule has 1 N–H and O–H groups in total. The van der Waals surface area contributed by atoms with Gasteiger partial charge in [0.1, 0.15) is 5.75 Å². The third-order valence-corrected chi connectivity index (χ3v) is 3.20. The SMILES string of the molecule is COc1cc(C)ccc1C(=O)N/N=C\c1cccc(C(F)(F)F)c1. The summed E-state index contributed by atoms with van der Waals surface area (Å²) >= 11 is 0. The molecule has 0 aliphatic rings. The molecule has 0 atom stereocenters. The van der Waals surface area contributed by atoms with Gasteiger partial charge in [0.25, 0.3) is 5.91 Å². The number of nitrogens with one attached hydrogen (secondary N) is 1. The Morgan fingerprint density at radius 2 is 1.96 bits per heavy atom. The van der Waals surface area contributed by atoms with Gasteiger partial charge in [-0.15, -0.1) is 0 Å². The van der Waals surface area contributed by atoms with E-state index >= 15 is 0 Å². The molecular formula is C17H15F3N2O2. The van der Waals surface area contributed by atoms with Gasteiger partial charge in [0.05, 0.1) is 24.5 Å². The van der Waals surface area contributed by atoms with Crippen LogP contribution in [0.4, 0.5) is 13.2 Å². The van der Waals surface area contributed by atoms with Crippen LogP contribution < -0.4 is 10.2 Å². The lowest BCUT2D eigenvalue weighted by Gasteiger charge is -2.08. The number of methoxy groups -OCH3 is 1. The van der Waals surface area contributed by atoms with Gasteiger partial charge in [-0.1, -0.05) is 18.2 Å². The van der Waals surface area contributed by atoms with E-state index in [1.165, 1.54) is 19.2 Å². The van der Waals surface area contributed by atoms with Crippen molar-refractivity contribution >= 4 is 12.1 Å². The fourth-order valence-corrected chi connectivity index (χ4v) is 2.01. The number of aryl methyl sites for hydroxylation is 1. The number of hydrogen-bond acceptors (Lipinski definition) is 3. The molecule has 0 spiro atoms. The summed E-state index contributed by atoms with van der Waals surface area (Å²) in [5.41, 5.74) is 2.92. The Kier molecular flexibility index (Phi) is 5.23. The Morgan fingerprint density at radius 3 is 2.62 bits per heavy atom. The second kappa shape index (κ2) is 7.16. The van der Waals surface area contributed by atoms with E-state index in [-0.39, 0.29) is 11.1 Å². The lowest BCUT2D eigenvalue weighted by molar-refractivity contribution is -0.137. The number of nitrogens with zero attached hydrogens (tertiary/aromatic N) is 1. The minimum atomic E-state index is -4.43. The second-order valence-electron chi connectivity index (χ2n) is 5.03. The van der Waals surface area contributed by atoms with E-state index in [1.807, 2.05) is 6.92 Å². The van der Waals surface area contributed by atoms with Crippen LogP contribution in [0.25, 0.3) is 0 Å². The lowest BCUT2D eigenvalue weighted by atomic mass is 10.1. The zero-order chi connectivity index (χ0) is 17.7. The average molecular weight is 336 g/mol. The molecule has 2 rings (SSSR count). The highest BCUT2D eigenvalue weighted by Crippen LogP contribution is 2.29. The van der Waals surface area contributed by atoms with E-state index in [4.69, 9.17) is 4.74 Å². The molecule has 0 saturated carbocycles. The molecule has 126 valence electrons. The number of ether oxygens (including phenoxy) is 1. The Bertz CT molecular complexity index is 771. The Balaban J connectivity index is 2.11.